The van der Waals surface area contributed by atoms with Crippen LogP contribution in [0.1, 0.15) is 108 Å². The average Bonchev–Trinajstić information content (AvgIpc) is 2.92. The molecule has 2 nitrogen and oxygen atoms in total. The molecule has 2 saturated carbocycles. The van der Waals surface area contributed by atoms with Crippen LogP contribution < -0.4 is 9.47 Å². The Morgan fingerprint density at radius 1 is 0.795 bits per heavy atom. The van der Waals surface area contributed by atoms with Crippen LogP contribution in [0.2, 0.25) is 0 Å². The molecule has 2 aliphatic rings. The van der Waals surface area contributed by atoms with Gasteiger partial charge in [-0.25, -0.2) is 8.78 Å². The second kappa shape index (κ2) is 13.4. The molecule has 0 amide bonds. The largest absolute Gasteiger partial charge is 0.573 e. The third-order valence-electron chi connectivity index (χ3n) is 8.91. The SMILES string of the molecule is CCCCCC1CCC(C2CCC(c3cc(F)c(F)c(CC)c3Oc3ccc(OC(F)(F)F)cc3)CC2)CC1. The van der Waals surface area contributed by atoms with Crippen molar-refractivity contribution in [3.8, 4) is 17.2 Å². The first-order valence-corrected chi connectivity index (χ1v) is 14.7. The van der Waals surface area contributed by atoms with E-state index in [1.165, 1.54) is 69.6 Å². The van der Waals surface area contributed by atoms with Crippen molar-refractivity contribution in [1.82, 2.24) is 0 Å². The summed E-state index contributed by atoms with van der Waals surface area (Å²) in [7, 11) is 0. The van der Waals surface area contributed by atoms with Gasteiger partial charge in [0.1, 0.15) is 17.2 Å². The lowest BCUT2D eigenvalue weighted by Gasteiger charge is -2.38. The van der Waals surface area contributed by atoms with Crippen molar-refractivity contribution in [3.05, 3.63) is 53.1 Å². The minimum absolute atomic E-state index is 0.0508. The van der Waals surface area contributed by atoms with Gasteiger partial charge in [-0.05, 0) is 98.9 Å². The Morgan fingerprint density at radius 2 is 1.38 bits per heavy atom. The summed E-state index contributed by atoms with van der Waals surface area (Å²) in [6.45, 7) is 3.99. The second-order valence-electron chi connectivity index (χ2n) is 11.4. The molecule has 0 spiro atoms. The Labute approximate surface area is 229 Å². The predicted octanol–water partition coefficient (Wildman–Crippen LogP) is 10.9. The van der Waals surface area contributed by atoms with Gasteiger partial charge in [-0.2, -0.15) is 0 Å². The van der Waals surface area contributed by atoms with Crippen LogP contribution in [-0.4, -0.2) is 6.36 Å². The third-order valence-corrected chi connectivity index (χ3v) is 8.91. The lowest BCUT2D eigenvalue weighted by Crippen LogP contribution is -2.25. The van der Waals surface area contributed by atoms with Gasteiger partial charge in [0, 0.05) is 11.1 Å². The molecular formula is C32H41F5O2. The smallest absolute Gasteiger partial charge is 0.457 e. The molecule has 0 heterocycles. The Bertz CT molecular complexity index is 1050. The molecule has 0 N–H and O–H groups in total. The van der Waals surface area contributed by atoms with E-state index in [0.717, 1.165) is 49.7 Å². The van der Waals surface area contributed by atoms with Crippen molar-refractivity contribution >= 4 is 0 Å². The summed E-state index contributed by atoms with van der Waals surface area (Å²) in [5.41, 5.74) is 0.809. The van der Waals surface area contributed by atoms with E-state index in [2.05, 4.69) is 11.7 Å². The molecule has 2 fully saturated rings. The van der Waals surface area contributed by atoms with E-state index in [1.807, 2.05) is 0 Å². The maximum Gasteiger partial charge on any atom is 0.573 e. The normalized spacial score (nSPS) is 24.0. The number of ether oxygens (including phenoxy) is 2. The molecule has 2 aromatic carbocycles. The summed E-state index contributed by atoms with van der Waals surface area (Å²) >= 11 is 0. The average molecular weight is 553 g/mol. The molecular weight excluding hydrogens is 511 g/mol. The molecule has 4 rings (SSSR count). The Kier molecular flexibility index (Phi) is 10.2. The van der Waals surface area contributed by atoms with Gasteiger partial charge < -0.3 is 9.47 Å². The van der Waals surface area contributed by atoms with Crippen LogP contribution in [-0.2, 0) is 6.42 Å². The second-order valence-corrected chi connectivity index (χ2v) is 11.4. The predicted molar refractivity (Wildman–Crippen MR) is 143 cm³/mol. The van der Waals surface area contributed by atoms with Crippen LogP contribution in [0.4, 0.5) is 22.0 Å². The number of rotatable bonds is 10. The van der Waals surface area contributed by atoms with Gasteiger partial charge in [0.05, 0.1) is 0 Å². The molecule has 0 unspecified atom stereocenters. The maximum absolute atomic E-state index is 14.8. The van der Waals surface area contributed by atoms with Gasteiger partial charge in [-0.3, -0.25) is 0 Å². The molecule has 39 heavy (non-hydrogen) atoms. The highest BCUT2D eigenvalue weighted by Gasteiger charge is 2.34. The lowest BCUT2D eigenvalue weighted by molar-refractivity contribution is -0.274. The maximum atomic E-state index is 14.8. The van der Waals surface area contributed by atoms with Crippen LogP contribution in [0.3, 0.4) is 0 Å². The van der Waals surface area contributed by atoms with Crippen molar-refractivity contribution in [2.45, 2.75) is 110 Å². The van der Waals surface area contributed by atoms with Crippen molar-refractivity contribution in [2.75, 3.05) is 0 Å². The standard InChI is InChI=1S/C32H41F5O2/c1-3-5-6-7-21-8-10-22(11-9-21)23-12-14-24(15-13-23)28-20-29(33)30(34)27(4-2)31(28)38-25-16-18-26(19-17-25)39-32(35,36)37/h16-24H,3-15H2,1-2H3. The van der Waals surface area contributed by atoms with Crippen molar-refractivity contribution in [2.24, 2.45) is 17.8 Å². The van der Waals surface area contributed by atoms with Gasteiger partial charge >= 0.3 is 6.36 Å². The van der Waals surface area contributed by atoms with E-state index < -0.39 is 18.0 Å². The van der Waals surface area contributed by atoms with Crippen molar-refractivity contribution in [1.29, 1.82) is 0 Å². The fourth-order valence-corrected chi connectivity index (χ4v) is 6.78. The van der Waals surface area contributed by atoms with Gasteiger partial charge in [0.2, 0.25) is 0 Å². The van der Waals surface area contributed by atoms with Crippen LogP contribution in [0, 0.1) is 29.4 Å². The number of benzene rings is 2. The van der Waals surface area contributed by atoms with E-state index in [-0.39, 0.29) is 35.2 Å². The molecule has 2 aliphatic carbocycles. The number of unbranched alkanes of at least 4 members (excludes halogenated alkanes) is 2. The number of halogens is 5. The molecule has 0 aliphatic heterocycles. The van der Waals surface area contributed by atoms with Gasteiger partial charge in [-0.1, -0.05) is 52.4 Å². The summed E-state index contributed by atoms with van der Waals surface area (Å²) < 4.78 is 77.0. The summed E-state index contributed by atoms with van der Waals surface area (Å²) in [4.78, 5) is 0. The fourth-order valence-electron chi connectivity index (χ4n) is 6.78. The van der Waals surface area contributed by atoms with Gasteiger partial charge in [0.25, 0.3) is 0 Å². The van der Waals surface area contributed by atoms with E-state index in [0.29, 0.717) is 11.5 Å². The van der Waals surface area contributed by atoms with E-state index >= 15 is 0 Å². The van der Waals surface area contributed by atoms with Gasteiger partial charge in [0.15, 0.2) is 11.6 Å². The highest BCUT2D eigenvalue weighted by Crippen LogP contribution is 2.48. The molecule has 0 bridgehead atoms. The highest BCUT2D eigenvalue weighted by molar-refractivity contribution is 5.48. The Hall–Kier alpha value is -2.31. The van der Waals surface area contributed by atoms with E-state index in [9.17, 15) is 22.0 Å². The highest BCUT2D eigenvalue weighted by atomic mass is 19.4. The Balaban J connectivity index is 1.43. The summed E-state index contributed by atoms with van der Waals surface area (Å²) in [5.74, 6) is 0.723. The fraction of sp³-hybridized carbons (Fsp3) is 0.625. The van der Waals surface area contributed by atoms with Crippen LogP contribution in [0.25, 0.3) is 0 Å². The van der Waals surface area contributed by atoms with E-state index in [4.69, 9.17) is 4.74 Å². The zero-order chi connectivity index (χ0) is 28.0. The minimum Gasteiger partial charge on any atom is -0.457 e. The quantitative estimate of drug-likeness (QED) is 0.216. The number of alkyl halides is 3. The molecule has 7 heteroatoms. The summed E-state index contributed by atoms with van der Waals surface area (Å²) in [6, 6.07) is 6.26. The zero-order valence-corrected chi connectivity index (χ0v) is 23.1. The van der Waals surface area contributed by atoms with Crippen molar-refractivity contribution in [3.63, 3.8) is 0 Å². The van der Waals surface area contributed by atoms with Gasteiger partial charge in [-0.15, -0.1) is 13.2 Å². The first kappa shape index (κ1) is 29.7. The molecule has 0 radical (unpaired) electrons. The van der Waals surface area contributed by atoms with Crippen molar-refractivity contribution < 1.29 is 31.4 Å². The van der Waals surface area contributed by atoms with Crippen LogP contribution in [0.15, 0.2) is 30.3 Å². The van der Waals surface area contributed by atoms with Crippen LogP contribution in [0.5, 0.6) is 17.2 Å². The van der Waals surface area contributed by atoms with E-state index in [1.54, 1.807) is 6.92 Å². The topological polar surface area (TPSA) is 18.5 Å². The zero-order valence-electron chi connectivity index (χ0n) is 23.1. The lowest BCUT2D eigenvalue weighted by atomic mass is 9.67. The molecule has 0 saturated heterocycles. The monoisotopic (exact) mass is 552 g/mol. The molecule has 0 aromatic heterocycles. The summed E-state index contributed by atoms with van der Waals surface area (Å²) in [5, 5.41) is 0. The Morgan fingerprint density at radius 3 is 1.95 bits per heavy atom. The van der Waals surface area contributed by atoms with Crippen LogP contribution >= 0.6 is 0 Å². The molecule has 2 aromatic rings. The number of hydrogen-bond acceptors (Lipinski definition) is 2. The number of hydrogen-bond donors (Lipinski definition) is 0. The third kappa shape index (κ3) is 7.88. The first-order chi connectivity index (χ1) is 18.7. The molecule has 0 atom stereocenters. The summed E-state index contributed by atoms with van der Waals surface area (Å²) in [6.07, 6.45) is 9.96. The minimum atomic E-state index is -4.79. The molecule has 216 valence electrons. The first-order valence-electron chi connectivity index (χ1n) is 14.7.